The molecule has 2 nitrogen and oxygen atoms in total. The quantitative estimate of drug-likeness (QED) is 0.567. The van der Waals surface area contributed by atoms with E-state index in [0.29, 0.717) is 0 Å². The van der Waals surface area contributed by atoms with E-state index in [9.17, 15) is 0 Å². The number of ether oxygens (including phenoxy) is 1. The first-order valence-corrected chi connectivity index (χ1v) is 5.96. The average molecular weight is 220 g/mol. The Morgan fingerprint density at radius 2 is 2.00 bits per heavy atom. The van der Waals surface area contributed by atoms with Crippen molar-refractivity contribution in [3.05, 3.63) is 0 Å². The van der Waals surface area contributed by atoms with Crippen LogP contribution >= 0.6 is 11.6 Å². The molecule has 1 rings (SSSR count). The Morgan fingerprint density at radius 3 is 2.36 bits per heavy atom. The summed E-state index contributed by atoms with van der Waals surface area (Å²) in [6.45, 7) is 7.90. The van der Waals surface area contributed by atoms with Crippen LogP contribution in [-0.2, 0) is 4.74 Å². The molecular formula is C11H22ClNO. The fourth-order valence-electron chi connectivity index (χ4n) is 1.63. The van der Waals surface area contributed by atoms with Gasteiger partial charge in [0.15, 0.2) is 0 Å². The monoisotopic (exact) mass is 219 g/mol. The van der Waals surface area contributed by atoms with Crippen LogP contribution in [0.3, 0.4) is 0 Å². The molecule has 0 atom stereocenters. The van der Waals surface area contributed by atoms with Gasteiger partial charge in [0, 0.05) is 18.0 Å². The average Bonchev–Trinajstić information content (AvgIpc) is 2.00. The van der Waals surface area contributed by atoms with Crippen molar-refractivity contribution in [3.8, 4) is 0 Å². The molecule has 0 aromatic heterocycles. The van der Waals surface area contributed by atoms with Crippen LogP contribution < -0.4 is 5.32 Å². The highest BCUT2D eigenvalue weighted by Gasteiger charge is 2.35. The summed E-state index contributed by atoms with van der Waals surface area (Å²) < 4.78 is 5.63. The summed E-state index contributed by atoms with van der Waals surface area (Å²) in [6.07, 6.45) is 3.73. The van der Waals surface area contributed by atoms with Gasteiger partial charge in [-0.15, -0.1) is 11.6 Å². The summed E-state index contributed by atoms with van der Waals surface area (Å²) in [5, 5.41) is 3.50. The molecule has 0 unspecified atom stereocenters. The predicted octanol–water partition coefficient (Wildman–Crippen LogP) is 2.55. The normalized spacial score (nSPS) is 20.6. The summed E-state index contributed by atoms with van der Waals surface area (Å²) in [5.74, 6) is 0.725. The zero-order valence-electron chi connectivity index (χ0n) is 9.53. The predicted molar refractivity (Wildman–Crippen MR) is 61.0 cm³/mol. The van der Waals surface area contributed by atoms with E-state index in [-0.39, 0.29) is 11.1 Å². The van der Waals surface area contributed by atoms with Gasteiger partial charge in [0.25, 0.3) is 0 Å². The molecule has 0 bridgehead atoms. The van der Waals surface area contributed by atoms with Crippen molar-refractivity contribution in [1.82, 2.24) is 5.32 Å². The van der Waals surface area contributed by atoms with E-state index < -0.39 is 0 Å². The molecule has 0 amide bonds. The number of hydrogen-bond acceptors (Lipinski definition) is 2. The smallest absolute Gasteiger partial charge is 0.0599 e. The van der Waals surface area contributed by atoms with Crippen LogP contribution in [0.1, 0.15) is 40.0 Å². The zero-order valence-corrected chi connectivity index (χ0v) is 10.3. The molecule has 0 heterocycles. The highest BCUT2D eigenvalue weighted by molar-refractivity contribution is 6.18. The van der Waals surface area contributed by atoms with Gasteiger partial charge in [-0.1, -0.05) is 0 Å². The molecule has 0 aromatic carbocycles. The van der Waals surface area contributed by atoms with E-state index in [0.717, 1.165) is 19.0 Å². The Morgan fingerprint density at radius 1 is 1.36 bits per heavy atom. The molecule has 1 aliphatic carbocycles. The summed E-state index contributed by atoms with van der Waals surface area (Å²) in [6, 6.07) is 0. The van der Waals surface area contributed by atoms with Gasteiger partial charge in [-0.25, -0.2) is 0 Å². The molecular weight excluding hydrogens is 198 g/mol. The molecule has 0 aliphatic heterocycles. The molecule has 1 saturated carbocycles. The molecule has 84 valence electrons. The van der Waals surface area contributed by atoms with Crippen molar-refractivity contribution in [2.75, 3.05) is 19.0 Å². The van der Waals surface area contributed by atoms with Crippen molar-refractivity contribution < 1.29 is 4.74 Å². The second kappa shape index (κ2) is 4.82. The van der Waals surface area contributed by atoms with Crippen LogP contribution in [0.4, 0.5) is 0 Å². The highest BCUT2D eigenvalue weighted by atomic mass is 35.5. The van der Waals surface area contributed by atoms with Gasteiger partial charge < -0.3 is 10.1 Å². The lowest BCUT2D eigenvalue weighted by Crippen LogP contribution is -2.53. The lowest BCUT2D eigenvalue weighted by atomic mass is 9.78. The summed E-state index contributed by atoms with van der Waals surface area (Å²) >= 11 is 5.93. The first-order valence-electron chi connectivity index (χ1n) is 5.42. The lowest BCUT2D eigenvalue weighted by molar-refractivity contribution is -0.00489. The SMILES string of the molecule is CC(C)(C)OCCNC1(CCl)CCC1. The van der Waals surface area contributed by atoms with E-state index in [4.69, 9.17) is 16.3 Å². The van der Waals surface area contributed by atoms with E-state index in [1.54, 1.807) is 0 Å². The maximum atomic E-state index is 5.93. The van der Waals surface area contributed by atoms with Crippen molar-refractivity contribution in [2.45, 2.75) is 51.2 Å². The minimum atomic E-state index is -0.0323. The largest absolute Gasteiger partial charge is 0.375 e. The fraction of sp³-hybridized carbons (Fsp3) is 1.00. The maximum Gasteiger partial charge on any atom is 0.0599 e. The third kappa shape index (κ3) is 3.76. The molecule has 1 fully saturated rings. The first-order chi connectivity index (χ1) is 6.47. The second-order valence-corrected chi connectivity index (χ2v) is 5.42. The van der Waals surface area contributed by atoms with Gasteiger partial charge in [0.1, 0.15) is 0 Å². The Balaban J connectivity index is 2.09. The van der Waals surface area contributed by atoms with Gasteiger partial charge in [0.05, 0.1) is 12.2 Å². The maximum absolute atomic E-state index is 5.93. The highest BCUT2D eigenvalue weighted by Crippen LogP contribution is 2.32. The minimum Gasteiger partial charge on any atom is -0.375 e. The van der Waals surface area contributed by atoms with Crippen LogP contribution in [0.2, 0.25) is 0 Å². The van der Waals surface area contributed by atoms with Crippen molar-refractivity contribution in [1.29, 1.82) is 0 Å². The third-order valence-electron chi connectivity index (χ3n) is 2.70. The standard InChI is InChI=1S/C11H22ClNO/c1-10(2,3)14-8-7-13-11(9-12)5-4-6-11/h13H,4-9H2,1-3H3. The van der Waals surface area contributed by atoms with E-state index >= 15 is 0 Å². The molecule has 0 aromatic rings. The molecule has 0 saturated heterocycles. The van der Waals surface area contributed by atoms with Crippen LogP contribution in [-0.4, -0.2) is 30.2 Å². The Labute approximate surface area is 92.3 Å². The zero-order chi connectivity index (χ0) is 10.7. The van der Waals surface area contributed by atoms with Gasteiger partial charge in [-0.2, -0.15) is 0 Å². The van der Waals surface area contributed by atoms with Crippen molar-refractivity contribution in [3.63, 3.8) is 0 Å². The Hall–Kier alpha value is 0.210. The van der Waals surface area contributed by atoms with Crippen molar-refractivity contribution >= 4 is 11.6 Å². The van der Waals surface area contributed by atoms with Crippen LogP contribution in [0.5, 0.6) is 0 Å². The second-order valence-electron chi connectivity index (χ2n) is 5.16. The summed E-state index contributed by atoms with van der Waals surface area (Å²) in [4.78, 5) is 0. The van der Waals surface area contributed by atoms with Gasteiger partial charge in [0.2, 0.25) is 0 Å². The number of hydrogen-bond donors (Lipinski definition) is 1. The Kier molecular flexibility index (Phi) is 4.23. The number of rotatable bonds is 5. The number of halogens is 1. The van der Waals surface area contributed by atoms with Crippen LogP contribution in [0, 0.1) is 0 Å². The molecule has 0 spiro atoms. The summed E-state index contributed by atoms with van der Waals surface area (Å²) in [5.41, 5.74) is 0.193. The molecule has 0 radical (unpaired) electrons. The number of alkyl halides is 1. The number of nitrogens with one attached hydrogen (secondary N) is 1. The summed E-state index contributed by atoms with van der Waals surface area (Å²) in [7, 11) is 0. The topological polar surface area (TPSA) is 21.3 Å². The lowest BCUT2D eigenvalue weighted by Gasteiger charge is -2.41. The van der Waals surface area contributed by atoms with E-state index in [1.165, 1.54) is 19.3 Å². The molecule has 3 heteroatoms. The van der Waals surface area contributed by atoms with Gasteiger partial charge >= 0.3 is 0 Å². The minimum absolute atomic E-state index is 0.0323. The Bertz CT molecular complexity index is 167. The first kappa shape index (κ1) is 12.3. The van der Waals surface area contributed by atoms with Crippen LogP contribution in [0.25, 0.3) is 0 Å². The molecule has 1 aliphatic rings. The fourth-order valence-corrected chi connectivity index (χ4v) is 2.00. The van der Waals surface area contributed by atoms with Crippen molar-refractivity contribution in [2.24, 2.45) is 0 Å². The molecule has 14 heavy (non-hydrogen) atoms. The van der Waals surface area contributed by atoms with Crippen LogP contribution in [0.15, 0.2) is 0 Å². The molecule has 1 N–H and O–H groups in total. The van der Waals surface area contributed by atoms with E-state index in [1.807, 2.05) is 0 Å². The van der Waals surface area contributed by atoms with E-state index in [2.05, 4.69) is 26.1 Å². The van der Waals surface area contributed by atoms with Gasteiger partial charge in [-0.3, -0.25) is 0 Å². The van der Waals surface area contributed by atoms with Gasteiger partial charge in [-0.05, 0) is 40.0 Å². The third-order valence-corrected chi connectivity index (χ3v) is 3.22.